The molecule has 0 aliphatic heterocycles. The molecule has 0 fully saturated rings. The van der Waals surface area contributed by atoms with E-state index < -0.39 is 17.8 Å². The number of nitrogens with zero attached hydrogens (tertiary/aromatic N) is 2. The first-order chi connectivity index (χ1) is 14.4. The Kier molecular flexibility index (Phi) is 7.39. The molecule has 156 valence electrons. The Labute approximate surface area is 184 Å². The molecule has 0 aliphatic rings. The Morgan fingerprint density at radius 2 is 1.97 bits per heavy atom. The van der Waals surface area contributed by atoms with Gasteiger partial charge in [-0.1, -0.05) is 28.4 Å². The van der Waals surface area contributed by atoms with Crippen molar-refractivity contribution in [3.8, 4) is 11.4 Å². The number of amides is 2. The summed E-state index contributed by atoms with van der Waals surface area (Å²) >= 11 is 13.2. The number of aromatic nitrogens is 2. The van der Waals surface area contributed by atoms with Gasteiger partial charge in [-0.05, 0) is 29.6 Å². The summed E-state index contributed by atoms with van der Waals surface area (Å²) in [6, 6.07) is 6.20. The fraction of sp³-hybridized carbons (Fsp3) is 0.167. The van der Waals surface area contributed by atoms with Crippen molar-refractivity contribution in [1.82, 2.24) is 20.8 Å². The van der Waals surface area contributed by atoms with Crippen LogP contribution < -0.4 is 10.6 Å². The van der Waals surface area contributed by atoms with E-state index in [4.69, 9.17) is 32.5 Å². The molecule has 3 rings (SSSR count). The number of halogens is 2. The smallest absolute Gasteiger partial charge is 0.325 e. The van der Waals surface area contributed by atoms with Gasteiger partial charge in [0.2, 0.25) is 11.7 Å². The van der Waals surface area contributed by atoms with Crippen LogP contribution in [0, 0.1) is 0 Å². The molecule has 0 saturated heterocycles. The molecule has 30 heavy (non-hydrogen) atoms. The topological polar surface area (TPSA) is 123 Å². The molecule has 0 bridgehead atoms. The van der Waals surface area contributed by atoms with E-state index in [0.29, 0.717) is 10.8 Å². The second kappa shape index (κ2) is 10.2. The number of esters is 1. The van der Waals surface area contributed by atoms with Crippen molar-refractivity contribution in [3.05, 3.63) is 56.5 Å². The number of benzene rings is 1. The van der Waals surface area contributed by atoms with Crippen LogP contribution >= 0.6 is 34.5 Å². The lowest BCUT2D eigenvalue weighted by Gasteiger charge is -2.08. The number of carbonyl (C=O) groups is 3. The molecule has 2 N–H and O–H groups in total. The van der Waals surface area contributed by atoms with Crippen molar-refractivity contribution in [2.24, 2.45) is 0 Å². The predicted molar refractivity (Wildman–Crippen MR) is 109 cm³/mol. The number of hydrogen-bond donors (Lipinski definition) is 2. The Balaban J connectivity index is 1.37. The molecule has 0 unspecified atom stereocenters. The minimum Gasteiger partial charge on any atom is -0.454 e. The van der Waals surface area contributed by atoms with E-state index in [2.05, 4.69) is 20.8 Å². The van der Waals surface area contributed by atoms with Crippen LogP contribution in [0.25, 0.3) is 11.4 Å². The van der Waals surface area contributed by atoms with Crippen molar-refractivity contribution in [2.45, 2.75) is 6.61 Å². The highest BCUT2D eigenvalue weighted by molar-refractivity contribution is 7.08. The van der Waals surface area contributed by atoms with Crippen molar-refractivity contribution in [2.75, 3.05) is 13.1 Å². The first-order valence-electron chi connectivity index (χ1n) is 8.43. The van der Waals surface area contributed by atoms with Crippen LogP contribution in [0.4, 0.5) is 0 Å². The van der Waals surface area contributed by atoms with Crippen molar-refractivity contribution in [1.29, 1.82) is 0 Å². The zero-order valence-corrected chi connectivity index (χ0v) is 17.5. The number of ether oxygens (including phenoxy) is 1. The second-order valence-corrected chi connectivity index (χ2v) is 7.39. The molecule has 3 aromatic rings. The number of carbonyl (C=O) groups excluding carboxylic acids is 3. The average Bonchev–Trinajstić information content (AvgIpc) is 3.40. The SMILES string of the molecule is O=C(CNC(=O)c1ccc(Cl)cc1Cl)NCC(=O)OCc1nc(-c2ccsc2)no1. The van der Waals surface area contributed by atoms with Gasteiger partial charge in [-0.3, -0.25) is 14.4 Å². The Bertz CT molecular complexity index is 1050. The van der Waals surface area contributed by atoms with E-state index in [1.165, 1.54) is 29.5 Å². The monoisotopic (exact) mass is 468 g/mol. The van der Waals surface area contributed by atoms with Gasteiger partial charge in [0.15, 0.2) is 6.61 Å². The third kappa shape index (κ3) is 6.02. The van der Waals surface area contributed by atoms with Gasteiger partial charge in [-0.15, -0.1) is 0 Å². The number of rotatable bonds is 8. The zero-order chi connectivity index (χ0) is 21.5. The van der Waals surface area contributed by atoms with Crippen LogP contribution in [-0.2, 0) is 20.9 Å². The summed E-state index contributed by atoms with van der Waals surface area (Å²) in [7, 11) is 0. The molecule has 12 heteroatoms. The first-order valence-corrected chi connectivity index (χ1v) is 10.1. The lowest BCUT2D eigenvalue weighted by Crippen LogP contribution is -2.39. The summed E-state index contributed by atoms with van der Waals surface area (Å²) in [5.74, 6) is -1.31. The van der Waals surface area contributed by atoms with E-state index >= 15 is 0 Å². The average molecular weight is 469 g/mol. The van der Waals surface area contributed by atoms with Gasteiger partial charge in [0.25, 0.3) is 11.8 Å². The van der Waals surface area contributed by atoms with Gasteiger partial charge >= 0.3 is 5.97 Å². The van der Waals surface area contributed by atoms with Gasteiger partial charge in [0, 0.05) is 16.0 Å². The van der Waals surface area contributed by atoms with Gasteiger partial charge < -0.3 is 19.9 Å². The minimum atomic E-state index is -0.703. The molecule has 1 aromatic carbocycles. The Morgan fingerprint density at radius 1 is 1.13 bits per heavy atom. The molecule has 0 saturated carbocycles. The lowest BCUT2D eigenvalue weighted by atomic mass is 10.2. The fourth-order valence-corrected chi connectivity index (χ4v) is 3.31. The van der Waals surface area contributed by atoms with Gasteiger partial charge in [-0.25, -0.2) is 0 Å². The molecule has 2 heterocycles. The Morgan fingerprint density at radius 3 is 2.70 bits per heavy atom. The summed E-state index contributed by atoms with van der Waals surface area (Å²) < 4.78 is 9.97. The number of nitrogens with one attached hydrogen (secondary N) is 2. The van der Waals surface area contributed by atoms with Crippen molar-refractivity contribution < 1.29 is 23.6 Å². The van der Waals surface area contributed by atoms with Gasteiger partial charge in [0.05, 0.1) is 17.1 Å². The third-order valence-corrected chi connectivity index (χ3v) is 4.85. The van der Waals surface area contributed by atoms with E-state index in [0.717, 1.165) is 5.56 Å². The fourth-order valence-electron chi connectivity index (χ4n) is 2.18. The largest absolute Gasteiger partial charge is 0.454 e. The molecule has 0 radical (unpaired) electrons. The molecular formula is C18H14Cl2N4O5S. The highest BCUT2D eigenvalue weighted by Gasteiger charge is 2.14. The van der Waals surface area contributed by atoms with E-state index in [1.807, 2.05) is 16.8 Å². The van der Waals surface area contributed by atoms with Crippen LogP contribution in [0.15, 0.2) is 39.5 Å². The van der Waals surface area contributed by atoms with Crippen LogP contribution in [-0.4, -0.2) is 41.0 Å². The highest BCUT2D eigenvalue weighted by atomic mass is 35.5. The molecule has 9 nitrogen and oxygen atoms in total. The van der Waals surface area contributed by atoms with Crippen LogP contribution in [0.1, 0.15) is 16.2 Å². The summed E-state index contributed by atoms with van der Waals surface area (Å²) in [6.45, 7) is -0.960. The molecular weight excluding hydrogens is 455 g/mol. The summed E-state index contributed by atoms with van der Waals surface area (Å²) in [5.41, 5.74) is 0.977. The quantitative estimate of drug-likeness (QED) is 0.487. The molecule has 0 spiro atoms. The lowest BCUT2D eigenvalue weighted by molar-refractivity contribution is -0.145. The minimum absolute atomic E-state index is 0.128. The van der Waals surface area contributed by atoms with Gasteiger partial charge in [0.1, 0.15) is 6.54 Å². The summed E-state index contributed by atoms with van der Waals surface area (Å²) in [4.78, 5) is 39.7. The summed E-state index contributed by atoms with van der Waals surface area (Å²) in [6.07, 6.45) is 0. The molecule has 2 amide bonds. The standard InChI is InChI=1S/C18H14Cl2N4O5S/c19-11-1-2-12(13(20)5-11)18(27)22-6-14(25)21-7-16(26)28-8-15-23-17(24-29-15)10-3-4-30-9-10/h1-5,9H,6-8H2,(H,21,25)(H,22,27). The van der Waals surface area contributed by atoms with Crippen LogP contribution in [0.3, 0.4) is 0 Å². The van der Waals surface area contributed by atoms with E-state index in [1.54, 1.807) is 0 Å². The maximum atomic E-state index is 12.0. The molecule has 0 atom stereocenters. The molecule has 0 aliphatic carbocycles. The Hall–Kier alpha value is -2.95. The number of hydrogen-bond acceptors (Lipinski definition) is 8. The third-order valence-electron chi connectivity index (χ3n) is 3.62. The van der Waals surface area contributed by atoms with Crippen LogP contribution in [0.5, 0.6) is 0 Å². The maximum Gasteiger partial charge on any atom is 0.325 e. The van der Waals surface area contributed by atoms with Crippen LogP contribution in [0.2, 0.25) is 10.0 Å². The number of thiophene rings is 1. The van der Waals surface area contributed by atoms with Gasteiger partial charge in [-0.2, -0.15) is 16.3 Å². The van der Waals surface area contributed by atoms with Crippen molar-refractivity contribution in [3.63, 3.8) is 0 Å². The predicted octanol–water partition coefficient (Wildman–Crippen LogP) is 2.69. The van der Waals surface area contributed by atoms with E-state index in [-0.39, 0.29) is 36.2 Å². The maximum absolute atomic E-state index is 12.0. The summed E-state index contributed by atoms with van der Waals surface area (Å²) in [5, 5.41) is 12.8. The normalized spacial score (nSPS) is 10.5. The highest BCUT2D eigenvalue weighted by Crippen LogP contribution is 2.21. The van der Waals surface area contributed by atoms with Crippen molar-refractivity contribution >= 4 is 52.3 Å². The first kappa shape index (κ1) is 21.8. The van der Waals surface area contributed by atoms with E-state index in [9.17, 15) is 14.4 Å². The zero-order valence-electron chi connectivity index (χ0n) is 15.2. The molecule has 2 aromatic heterocycles. The second-order valence-electron chi connectivity index (χ2n) is 5.77.